The molecule has 0 aromatic heterocycles. The minimum Gasteiger partial charge on any atom is -0.481 e. The first-order chi connectivity index (χ1) is 10.6. The van der Waals surface area contributed by atoms with Gasteiger partial charge in [-0.15, -0.1) is 0 Å². The van der Waals surface area contributed by atoms with Crippen LogP contribution in [-0.2, 0) is 9.59 Å². The van der Waals surface area contributed by atoms with Crippen LogP contribution in [0.2, 0.25) is 0 Å². The highest BCUT2D eigenvalue weighted by Gasteiger charge is 2.39. The van der Waals surface area contributed by atoms with E-state index in [-0.39, 0.29) is 23.7 Å². The number of carboxylic acid groups (broad SMARTS) is 1. The van der Waals surface area contributed by atoms with Crippen molar-refractivity contribution in [3.05, 3.63) is 30.1 Å². The van der Waals surface area contributed by atoms with Crippen LogP contribution in [0.15, 0.2) is 24.3 Å². The lowest BCUT2D eigenvalue weighted by Gasteiger charge is -2.33. The number of likely N-dealkylation sites (tertiary alicyclic amines) is 1. The van der Waals surface area contributed by atoms with Gasteiger partial charge in [0, 0.05) is 6.54 Å². The molecular weight excluding hydrogens is 287 g/mol. The van der Waals surface area contributed by atoms with E-state index in [2.05, 4.69) is 0 Å². The predicted molar refractivity (Wildman–Crippen MR) is 79.1 cm³/mol. The normalized spacial score (nSPS) is 24.0. The second-order valence-electron chi connectivity index (χ2n) is 5.89. The Morgan fingerprint density at radius 2 is 1.82 bits per heavy atom. The second-order valence-corrected chi connectivity index (χ2v) is 5.89. The fourth-order valence-electron chi connectivity index (χ4n) is 3.37. The number of halogens is 1. The van der Waals surface area contributed by atoms with Crippen LogP contribution >= 0.6 is 0 Å². The van der Waals surface area contributed by atoms with E-state index >= 15 is 0 Å². The summed E-state index contributed by atoms with van der Waals surface area (Å²) < 4.78 is 13.9. The average Bonchev–Trinajstić information content (AvgIpc) is 2.89. The molecular formula is C16H19FN2O3. The summed E-state index contributed by atoms with van der Waals surface area (Å²) in [7, 11) is 0. The summed E-state index contributed by atoms with van der Waals surface area (Å²) in [6, 6.07) is 6.04. The van der Waals surface area contributed by atoms with Crippen LogP contribution in [-0.4, -0.2) is 47.6 Å². The maximum absolute atomic E-state index is 13.9. The summed E-state index contributed by atoms with van der Waals surface area (Å²) in [6.07, 6.45) is 1.79. The van der Waals surface area contributed by atoms with Gasteiger partial charge in [-0.1, -0.05) is 12.1 Å². The Balaban J connectivity index is 1.67. The number of aliphatic carboxylic acids is 1. The van der Waals surface area contributed by atoms with Crippen LogP contribution in [0.3, 0.4) is 0 Å². The molecule has 1 amide bonds. The van der Waals surface area contributed by atoms with Crippen LogP contribution in [0.25, 0.3) is 0 Å². The number of hydrogen-bond acceptors (Lipinski definition) is 3. The van der Waals surface area contributed by atoms with Crippen molar-refractivity contribution in [2.45, 2.75) is 25.3 Å². The molecule has 2 heterocycles. The SMILES string of the molecule is O=C(O)C1CCN(C2CCN(c3ccccc3F)C2=O)CC1. The van der Waals surface area contributed by atoms with Crippen molar-refractivity contribution in [1.29, 1.82) is 0 Å². The predicted octanol–water partition coefficient (Wildman–Crippen LogP) is 1.73. The highest BCUT2D eigenvalue weighted by Crippen LogP contribution is 2.29. The Kier molecular flexibility index (Phi) is 4.11. The maximum atomic E-state index is 13.9. The lowest BCUT2D eigenvalue weighted by atomic mass is 9.96. The van der Waals surface area contributed by atoms with E-state index in [1.807, 2.05) is 4.90 Å². The van der Waals surface area contributed by atoms with Gasteiger partial charge in [-0.2, -0.15) is 0 Å². The third-order valence-electron chi connectivity index (χ3n) is 4.64. The van der Waals surface area contributed by atoms with E-state index in [1.54, 1.807) is 18.2 Å². The molecule has 5 nitrogen and oxygen atoms in total. The van der Waals surface area contributed by atoms with Gasteiger partial charge in [0.25, 0.3) is 0 Å². The van der Waals surface area contributed by atoms with Crippen molar-refractivity contribution >= 4 is 17.6 Å². The molecule has 0 spiro atoms. The zero-order chi connectivity index (χ0) is 15.7. The molecule has 0 bridgehead atoms. The molecule has 118 valence electrons. The van der Waals surface area contributed by atoms with Gasteiger partial charge in [0.1, 0.15) is 5.82 Å². The highest BCUT2D eigenvalue weighted by molar-refractivity contribution is 5.99. The molecule has 3 rings (SSSR count). The fraction of sp³-hybridized carbons (Fsp3) is 0.500. The number of carboxylic acids is 1. The van der Waals surface area contributed by atoms with Gasteiger partial charge < -0.3 is 10.0 Å². The molecule has 22 heavy (non-hydrogen) atoms. The summed E-state index contributed by atoms with van der Waals surface area (Å²) in [5.74, 6) is -1.54. The molecule has 2 aliphatic rings. The van der Waals surface area contributed by atoms with Gasteiger partial charge in [-0.3, -0.25) is 14.5 Å². The summed E-state index contributed by atoms with van der Waals surface area (Å²) in [6.45, 7) is 1.72. The molecule has 2 aliphatic heterocycles. The number of carbonyl (C=O) groups is 2. The zero-order valence-electron chi connectivity index (χ0n) is 12.2. The number of piperidine rings is 1. The molecule has 0 saturated carbocycles. The van der Waals surface area contributed by atoms with Crippen molar-refractivity contribution in [3.63, 3.8) is 0 Å². The number of amides is 1. The number of hydrogen-bond donors (Lipinski definition) is 1. The van der Waals surface area contributed by atoms with E-state index in [9.17, 15) is 14.0 Å². The van der Waals surface area contributed by atoms with Gasteiger partial charge in [0.2, 0.25) is 5.91 Å². The van der Waals surface area contributed by atoms with E-state index in [0.717, 1.165) is 0 Å². The zero-order valence-corrected chi connectivity index (χ0v) is 12.2. The van der Waals surface area contributed by atoms with E-state index < -0.39 is 5.97 Å². The molecule has 2 fully saturated rings. The largest absolute Gasteiger partial charge is 0.481 e. The van der Waals surface area contributed by atoms with Gasteiger partial charge in [-0.25, -0.2) is 4.39 Å². The standard InChI is InChI=1S/C16H19FN2O3/c17-12-3-1-2-4-13(12)19-10-7-14(15(19)20)18-8-5-11(6-9-18)16(21)22/h1-4,11,14H,5-10H2,(H,21,22). The molecule has 1 aromatic carbocycles. The molecule has 6 heteroatoms. The number of carbonyl (C=O) groups excluding carboxylic acids is 1. The lowest BCUT2D eigenvalue weighted by molar-refractivity contribution is -0.143. The molecule has 1 unspecified atom stereocenters. The third kappa shape index (κ3) is 2.70. The summed E-state index contributed by atoms with van der Waals surface area (Å²) in [5.41, 5.74) is 0.329. The highest BCUT2D eigenvalue weighted by atomic mass is 19.1. The third-order valence-corrected chi connectivity index (χ3v) is 4.64. The van der Waals surface area contributed by atoms with Gasteiger partial charge in [0.05, 0.1) is 17.6 Å². The molecule has 1 atom stereocenters. The first kappa shape index (κ1) is 15.0. The molecule has 1 N–H and O–H groups in total. The number of nitrogens with zero attached hydrogens (tertiary/aromatic N) is 2. The molecule has 1 aromatic rings. The number of anilines is 1. The monoisotopic (exact) mass is 306 g/mol. The first-order valence-electron chi connectivity index (χ1n) is 7.60. The Hall–Kier alpha value is -1.95. The maximum Gasteiger partial charge on any atom is 0.306 e. The van der Waals surface area contributed by atoms with Crippen LogP contribution in [0.4, 0.5) is 10.1 Å². The Morgan fingerprint density at radius 1 is 1.14 bits per heavy atom. The minimum absolute atomic E-state index is 0.0844. The number of para-hydroxylation sites is 1. The quantitative estimate of drug-likeness (QED) is 0.924. The summed E-state index contributed by atoms with van der Waals surface area (Å²) in [4.78, 5) is 27.1. The average molecular weight is 306 g/mol. The van der Waals surface area contributed by atoms with Gasteiger partial charge >= 0.3 is 5.97 Å². The van der Waals surface area contributed by atoms with Crippen LogP contribution in [0, 0.1) is 11.7 Å². The van der Waals surface area contributed by atoms with Crippen LogP contribution < -0.4 is 4.90 Å². The first-order valence-corrected chi connectivity index (χ1v) is 7.60. The van der Waals surface area contributed by atoms with Gasteiger partial charge in [-0.05, 0) is 44.5 Å². The van der Waals surface area contributed by atoms with Crippen molar-refractivity contribution in [3.8, 4) is 0 Å². The number of rotatable bonds is 3. The van der Waals surface area contributed by atoms with Crippen molar-refractivity contribution in [2.24, 2.45) is 5.92 Å². The fourth-order valence-corrected chi connectivity index (χ4v) is 3.37. The Bertz CT molecular complexity index is 585. The Labute approximate surface area is 128 Å². The van der Waals surface area contributed by atoms with Crippen molar-refractivity contribution in [2.75, 3.05) is 24.5 Å². The Morgan fingerprint density at radius 3 is 2.45 bits per heavy atom. The lowest BCUT2D eigenvalue weighted by Crippen LogP contribution is -2.46. The van der Waals surface area contributed by atoms with E-state index in [0.29, 0.717) is 44.6 Å². The number of benzene rings is 1. The molecule has 2 saturated heterocycles. The van der Waals surface area contributed by atoms with Crippen molar-refractivity contribution < 1.29 is 19.1 Å². The van der Waals surface area contributed by atoms with Crippen molar-refractivity contribution in [1.82, 2.24) is 4.90 Å². The summed E-state index contributed by atoms with van der Waals surface area (Å²) in [5, 5.41) is 9.03. The topological polar surface area (TPSA) is 60.9 Å². The van der Waals surface area contributed by atoms with E-state index in [4.69, 9.17) is 5.11 Å². The second kappa shape index (κ2) is 6.04. The summed E-state index contributed by atoms with van der Waals surface area (Å²) >= 11 is 0. The van der Waals surface area contributed by atoms with E-state index in [1.165, 1.54) is 11.0 Å². The molecule has 0 radical (unpaired) electrons. The van der Waals surface area contributed by atoms with Gasteiger partial charge in [0.15, 0.2) is 0 Å². The molecule has 0 aliphatic carbocycles. The minimum atomic E-state index is -0.759. The smallest absolute Gasteiger partial charge is 0.306 e. The van der Waals surface area contributed by atoms with Crippen LogP contribution in [0.5, 0.6) is 0 Å². The van der Waals surface area contributed by atoms with Crippen LogP contribution in [0.1, 0.15) is 19.3 Å².